The van der Waals surface area contributed by atoms with E-state index < -0.39 is 66.5 Å². The number of aliphatic hydroxyl groups is 2. The Morgan fingerprint density at radius 2 is 1.42 bits per heavy atom. The summed E-state index contributed by atoms with van der Waals surface area (Å²) in [6.45, 7) is 3.83. The number of hydrogen-bond donors (Lipinski definition) is 8. The van der Waals surface area contributed by atoms with Crippen LogP contribution in [0.4, 0.5) is 0 Å². The monoisotopic (exact) mass is 448 g/mol. The lowest BCUT2D eigenvalue weighted by atomic mass is 10.0. The van der Waals surface area contributed by atoms with Gasteiger partial charge in [-0.3, -0.25) is 19.2 Å². The minimum absolute atomic E-state index is 0.0553. The van der Waals surface area contributed by atoms with E-state index in [0.717, 1.165) is 0 Å². The van der Waals surface area contributed by atoms with Gasteiger partial charge >= 0.3 is 11.9 Å². The van der Waals surface area contributed by atoms with Gasteiger partial charge in [0.1, 0.15) is 18.1 Å². The zero-order valence-corrected chi connectivity index (χ0v) is 17.7. The summed E-state index contributed by atoms with van der Waals surface area (Å²) in [5.74, 6) is -5.39. The van der Waals surface area contributed by atoms with Gasteiger partial charge < -0.3 is 42.1 Å². The van der Waals surface area contributed by atoms with E-state index in [0.29, 0.717) is 0 Å². The number of carbonyl (C=O) groups is 5. The van der Waals surface area contributed by atoms with Crippen LogP contribution >= 0.6 is 0 Å². The molecule has 0 aliphatic heterocycles. The minimum Gasteiger partial charge on any atom is -0.481 e. The second kappa shape index (κ2) is 13.5. The lowest BCUT2D eigenvalue weighted by molar-refractivity contribution is -0.143. The summed E-state index contributed by atoms with van der Waals surface area (Å²) in [5, 5.41) is 43.6. The molecule has 5 atom stereocenters. The number of carboxylic acid groups (broad SMARTS) is 2. The minimum atomic E-state index is -1.56. The van der Waals surface area contributed by atoms with Gasteiger partial charge in [0.15, 0.2) is 0 Å². The third-order valence-electron chi connectivity index (χ3n) is 4.21. The highest BCUT2D eigenvalue weighted by Gasteiger charge is 2.32. The fourth-order valence-corrected chi connectivity index (χ4v) is 2.50. The molecule has 0 radical (unpaired) electrons. The number of rotatable bonds is 14. The van der Waals surface area contributed by atoms with E-state index in [-0.39, 0.29) is 25.2 Å². The van der Waals surface area contributed by atoms with E-state index in [1.807, 2.05) is 0 Å². The first-order valence-electron chi connectivity index (χ1n) is 9.70. The highest BCUT2D eigenvalue weighted by molar-refractivity contribution is 5.94. The Morgan fingerprint density at radius 3 is 1.84 bits per heavy atom. The Labute approximate surface area is 179 Å². The predicted octanol–water partition coefficient (Wildman–Crippen LogP) is -2.86. The highest BCUT2D eigenvalue weighted by Crippen LogP contribution is 2.06. The summed E-state index contributed by atoms with van der Waals surface area (Å²) in [4.78, 5) is 58.7. The molecule has 9 N–H and O–H groups in total. The molecule has 0 saturated carbocycles. The molecule has 3 amide bonds. The maximum Gasteiger partial charge on any atom is 0.326 e. The van der Waals surface area contributed by atoms with Crippen LogP contribution in [0.1, 0.15) is 40.0 Å². The van der Waals surface area contributed by atoms with Crippen LogP contribution in [0, 0.1) is 5.92 Å². The normalized spacial score (nSPS) is 15.8. The topological polar surface area (TPSA) is 228 Å². The van der Waals surface area contributed by atoms with E-state index in [9.17, 15) is 39.3 Å². The molecule has 0 aromatic rings. The fourth-order valence-electron chi connectivity index (χ4n) is 2.50. The molecule has 13 heteroatoms. The Hall–Kier alpha value is -2.77. The van der Waals surface area contributed by atoms with Crippen molar-refractivity contribution in [2.24, 2.45) is 11.7 Å². The molecule has 0 spiro atoms. The Morgan fingerprint density at radius 1 is 0.871 bits per heavy atom. The molecular formula is C18H32N4O9. The fraction of sp³-hybridized carbons (Fsp3) is 0.722. The van der Waals surface area contributed by atoms with E-state index in [4.69, 9.17) is 10.8 Å². The molecule has 0 rings (SSSR count). The summed E-state index contributed by atoms with van der Waals surface area (Å²) in [7, 11) is 0. The number of hydrogen-bond acceptors (Lipinski definition) is 8. The summed E-state index contributed by atoms with van der Waals surface area (Å²) < 4.78 is 0. The second-order valence-electron chi connectivity index (χ2n) is 7.54. The Balaban J connectivity index is 5.14. The van der Waals surface area contributed by atoms with Crippen LogP contribution in [0.25, 0.3) is 0 Å². The molecule has 0 saturated heterocycles. The summed E-state index contributed by atoms with van der Waals surface area (Å²) in [6.07, 6.45) is -1.89. The lowest BCUT2D eigenvalue weighted by Crippen LogP contribution is -2.60. The molecule has 0 aromatic heterocycles. The van der Waals surface area contributed by atoms with Gasteiger partial charge in [0.25, 0.3) is 0 Å². The predicted molar refractivity (Wildman–Crippen MR) is 106 cm³/mol. The number of aliphatic carboxylic acids is 2. The molecule has 0 heterocycles. The van der Waals surface area contributed by atoms with E-state index in [1.54, 1.807) is 13.8 Å². The number of carbonyl (C=O) groups excluding carboxylic acids is 3. The lowest BCUT2D eigenvalue weighted by Gasteiger charge is -2.26. The number of aliphatic hydroxyl groups excluding tert-OH is 2. The van der Waals surface area contributed by atoms with Crippen LogP contribution in [0.15, 0.2) is 0 Å². The van der Waals surface area contributed by atoms with Crippen molar-refractivity contribution in [3.05, 3.63) is 0 Å². The molecule has 0 aromatic carbocycles. The number of carboxylic acids is 2. The van der Waals surface area contributed by atoms with Gasteiger partial charge in [-0.2, -0.15) is 0 Å². The van der Waals surface area contributed by atoms with E-state index in [1.165, 1.54) is 6.92 Å². The van der Waals surface area contributed by atoms with E-state index >= 15 is 0 Å². The Bertz CT molecular complexity index is 654. The molecule has 178 valence electrons. The number of amides is 3. The summed E-state index contributed by atoms with van der Waals surface area (Å²) >= 11 is 0. The van der Waals surface area contributed by atoms with Gasteiger partial charge in [0.05, 0.1) is 18.8 Å². The third kappa shape index (κ3) is 10.7. The van der Waals surface area contributed by atoms with Gasteiger partial charge in [-0.05, 0) is 25.7 Å². The van der Waals surface area contributed by atoms with Crippen molar-refractivity contribution in [3.8, 4) is 0 Å². The van der Waals surface area contributed by atoms with Crippen molar-refractivity contribution in [2.45, 2.75) is 70.3 Å². The molecular weight excluding hydrogens is 416 g/mol. The zero-order chi connectivity index (χ0) is 24.3. The van der Waals surface area contributed by atoms with Gasteiger partial charge in [-0.25, -0.2) is 4.79 Å². The van der Waals surface area contributed by atoms with Crippen molar-refractivity contribution in [1.29, 1.82) is 0 Å². The molecule has 0 fully saturated rings. The standard InChI is InChI=1S/C18H32N4O9/c1-8(2)6-11(18(30)31)20-17(29)14(9(3)24)22-16(28)12(7-23)21-15(27)10(19)4-5-13(25)26/h8-12,14,23-24H,4-7,19H2,1-3H3,(H,20,29)(H,21,27)(H,22,28)(H,25,26)(H,30,31). The number of nitrogens with two attached hydrogens (primary N) is 1. The van der Waals surface area contributed by atoms with Crippen molar-refractivity contribution in [2.75, 3.05) is 6.61 Å². The molecule has 13 nitrogen and oxygen atoms in total. The van der Waals surface area contributed by atoms with E-state index in [2.05, 4.69) is 16.0 Å². The summed E-state index contributed by atoms with van der Waals surface area (Å²) in [5.41, 5.74) is 5.54. The first kappa shape index (κ1) is 28.2. The largest absolute Gasteiger partial charge is 0.481 e. The first-order valence-corrected chi connectivity index (χ1v) is 9.70. The molecule has 0 aliphatic rings. The first-order chi connectivity index (χ1) is 14.3. The SMILES string of the molecule is CC(C)CC(NC(=O)C(NC(=O)C(CO)NC(=O)C(N)CCC(=O)O)C(C)O)C(=O)O. The van der Waals surface area contributed by atoms with Crippen LogP contribution in [0.3, 0.4) is 0 Å². The second-order valence-corrected chi connectivity index (χ2v) is 7.54. The van der Waals surface area contributed by atoms with Gasteiger partial charge in [-0.15, -0.1) is 0 Å². The van der Waals surface area contributed by atoms with Crippen molar-refractivity contribution in [1.82, 2.24) is 16.0 Å². The smallest absolute Gasteiger partial charge is 0.326 e. The molecule has 0 aliphatic carbocycles. The van der Waals surface area contributed by atoms with Gasteiger partial charge in [0.2, 0.25) is 17.7 Å². The third-order valence-corrected chi connectivity index (χ3v) is 4.21. The van der Waals surface area contributed by atoms with Crippen molar-refractivity contribution < 1.29 is 44.4 Å². The maximum absolute atomic E-state index is 12.4. The maximum atomic E-state index is 12.4. The molecule has 31 heavy (non-hydrogen) atoms. The average molecular weight is 448 g/mol. The van der Waals surface area contributed by atoms with Crippen molar-refractivity contribution in [3.63, 3.8) is 0 Å². The van der Waals surface area contributed by atoms with Crippen LogP contribution < -0.4 is 21.7 Å². The van der Waals surface area contributed by atoms with Crippen LogP contribution in [0.5, 0.6) is 0 Å². The quantitative estimate of drug-likeness (QED) is 0.135. The summed E-state index contributed by atoms with van der Waals surface area (Å²) in [6, 6.07) is -5.59. The van der Waals surface area contributed by atoms with Crippen LogP contribution in [-0.4, -0.2) is 87.0 Å². The van der Waals surface area contributed by atoms with Crippen LogP contribution in [0.2, 0.25) is 0 Å². The number of nitrogens with one attached hydrogen (secondary N) is 3. The van der Waals surface area contributed by atoms with Gasteiger partial charge in [-0.1, -0.05) is 13.8 Å². The highest BCUT2D eigenvalue weighted by atomic mass is 16.4. The zero-order valence-electron chi connectivity index (χ0n) is 17.7. The molecule has 0 bridgehead atoms. The molecule has 5 unspecified atom stereocenters. The van der Waals surface area contributed by atoms with Gasteiger partial charge in [0, 0.05) is 6.42 Å². The van der Waals surface area contributed by atoms with Crippen molar-refractivity contribution >= 4 is 29.7 Å². The Kier molecular flexibility index (Phi) is 12.3. The van der Waals surface area contributed by atoms with Crippen LogP contribution in [-0.2, 0) is 24.0 Å². The average Bonchev–Trinajstić information content (AvgIpc) is 2.66.